The molecular formula is C25H32F5N3O8. The minimum atomic E-state index is -2.30. The zero-order valence-corrected chi connectivity index (χ0v) is 22.1. The number of aliphatic carboxylic acids is 2. The van der Waals surface area contributed by atoms with Gasteiger partial charge in [0.2, 0.25) is 11.6 Å². The Labute approximate surface area is 231 Å². The number of hydrogen-bond acceptors (Lipinski definition) is 8. The van der Waals surface area contributed by atoms with Gasteiger partial charge in [0.1, 0.15) is 11.8 Å². The summed E-state index contributed by atoms with van der Waals surface area (Å²) >= 11 is 0. The highest BCUT2D eigenvalue weighted by Gasteiger charge is 2.28. The first-order chi connectivity index (χ1) is 18.9. The average Bonchev–Trinajstić information content (AvgIpc) is 3.46. The molecule has 2 atom stereocenters. The second-order valence-electron chi connectivity index (χ2n) is 8.83. The largest absolute Gasteiger partial charge is 0.481 e. The molecule has 3 rings (SSSR count). The smallest absolute Gasteiger partial charge is 0.371 e. The van der Waals surface area contributed by atoms with Gasteiger partial charge in [0.15, 0.2) is 23.3 Å². The van der Waals surface area contributed by atoms with Gasteiger partial charge in [-0.15, -0.1) is 0 Å². The number of Topliss-reactive ketones (excluding diaryl/α,β-unsaturated/α-hetero) is 1. The van der Waals surface area contributed by atoms with Crippen LogP contribution < -0.4 is 17.2 Å². The molecule has 0 unspecified atom stereocenters. The van der Waals surface area contributed by atoms with Gasteiger partial charge in [0, 0.05) is 18.0 Å². The molecule has 11 nitrogen and oxygen atoms in total. The number of hydrogen-bond donors (Lipinski definition) is 6. The third-order valence-corrected chi connectivity index (χ3v) is 5.54. The summed E-state index contributed by atoms with van der Waals surface area (Å²) in [6, 6.07) is 1.12. The molecule has 0 bridgehead atoms. The molecule has 0 amide bonds. The summed E-state index contributed by atoms with van der Waals surface area (Å²) in [7, 11) is 0. The van der Waals surface area contributed by atoms with Gasteiger partial charge < -0.3 is 36.9 Å². The molecule has 1 saturated carbocycles. The van der Waals surface area contributed by atoms with E-state index in [4.69, 9.17) is 32.5 Å². The number of benzene rings is 1. The first-order valence-electron chi connectivity index (χ1n) is 11.9. The van der Waals surface area contributed by atoms with Crippen molar-refractivity contribution in [3.05, 3.63) is 58.8 Å². The highest BCUT2D eigenvalue weighted by Crippen LogP contribution is 2.24. The van der Waals surface area contributed by atoms with Crippen molar-refractivity contribution in [2.24, 2.45) is 23.1 Å². The van der Waals surface area contributed by atoms with Crippen molar-refractivity contribution >= 4 is 23.7 Å². The Hall–Kier alpha value is -3.89. The quantitative estimate of drug-likeness (QED) is 0.161. The normalized spacial score (nSPS) is 17.2. The summed E-state index contributed by atoms with van der Waals surface area (Å²) in [6.07, 6.45) is 3.59. The number of halogens is 5. The van der Waals surface area contributed by atoms with E-state index in [1.54, 1.807) is 6.92 Å². The van der Waals surface area contributed by atoms with Crippen LogP contribution in [0.15, 0.2) is 22.8 Å². The summed E-state index contributed by atoms with van der Waals surface area (Å²) in [5.74, 6) is -14.1. The van der Waals surface area contributed by atoms with Gasteiger partial charge in [-0.2, -0.15) is 0 Å². The van der Waals surface area contributed by atoms with Crippen LogP contribution in [0, 0.1) is 35.0 Å². The third kappa shape index (κ3) is 12.9. The van der Waals surface area contributed by atoms with Crippen LogP contribution in [0.3, 0.4) is 0 Å². The van der Waals surface area contributed by atoms with E-state index in [1.807, 2.05) is 0 Å². The molecule has 0 spiro atoms. The number of carboxylic acids is 3. The Morgan fingerprint density at radius 2 is 1.34 bits per heavy atom. The maximum Gasteiger partial charge on any atom is 0.371 e. The Bertz CT molecular complexity index is 1140. The monoisotopic (exact) mass is 597 g/mol. The lowest BCUT2D eigenvalue weighted by atomic mass is 9.87. The fraction of sp³-hybridized carbons (Fsp3) is 0.440. The number of furan rings is 1. The maximum atomic E-state index is 13.1. The number of carboxylic acid groups (broad SMARTS) is 3. The molecule has 16 heteroatoms. The molecule has 2 aromatic rings. The van der Waals surface area contributed by atoms with E-state index in [2.05, 4.69) is 4.42 Å². The van der Waals surface area contributed by atoms with Gasteiger partial charge in [0.25, 0.3) is 0 Å². The number of nitrogens with two attached hydrogens (primary N) is 3. The second-order valence-corrected chi connectivity index (χ2v) is 8.83. The standard InChI is InChI=1S/C9H6F5NO2.C7H13NO2.C5H4O3.C4H9NO/c10-4-2(1-3(15)9(16)17)5(11)7(13)8(14)6(4)12;8-6-3-1-5(2-4-6)7(9)10;6-5(7)4-2-1-3-8-4;1-3(5)4(2)6/h3H,1,15H2,(H,16,17);5-6H,1-4,8H2,(H,9,10);1-3H,(H,6,7);3H,5H2,1-2H3/t3-;;;3-/m0..0/s1. The Kier molecular flexibility index (Phi) is 16.0. The van der Waals surface area contributed by atoms with E-state index in [0.717, 1.165) is 25.7 Å². The molecule has 41 heavy (non-hydrogen) atoms. The van der Waals surface area contributed by atoms with Gasteiger partial charge in [-0.3, -0.25) is 14.4 Å². The van der Waals surface area contributed by atoms with Crippen molar-refractivity contribution in [1.82, 2.24) is 0 Å². The number of aromatic carboxylic acids is 1. The first-order valence-corrected chi connectivity index (χ1v) is 11.9. The van der Waals surface area contributed by atoms with Gasteiger partial charge in [-0.25, -0.2) is 26.7 Å². The molecule has 9 N–H and O–H groups in total. The Balaban J connectivity index is 0.000000566. The Morgan fingerprint density at radius 3 is 1.63 bits per heavy atom. The summed E-state index contributed by atoms with van der Waals surface area (Å²) < 4.78 is 68.6. The van der Waals surface area contributed by atoms with Crippen molar-refractivity contribution in [2.45, 2.75) is 64.1 Å². The topological polar surface area (TPSA) is 220 Å². The van der Waals surface area contributed by atoms with Crippen molar-refractivity contribution < 1.29 is 60.9 Å². The number of ketones is 1. The first kappa shape index (κ1) is 37.1. The lowest BCUT2D eigenvalue weighted by Gasteiger charge is -2.22. The van der Waals surface area contributed by atoms with Crippen LogP contribution >= 0.6 is 0 Å². The number of rotatable bonds is 6. The van der Waals surface area contributed by atoms with Gasteiger partial charge >= 0.3 is 17.9 Å². The fourth-order valence-electron chi connectivity index (χ4n) is 2.90. The van der Waals surface area contributed by atoms with Crippen LogP contribution in [0.25, 0.3) is 0 Å². The van der Waals surface area contributed by atoms with Crippen LogP contribution in [-0.2, 0) is 20.8 Å². The SMILES string of the molecule is CC(=O)[C@H](C)N.NC1CCC(C(=O)O)CC1.N[C@@H](Cc1c(F)c(F)c(F)c(F)c1F)C(=O)O.O=C(O)c1ccco1. The van der Waals surface area contributed by atoms with Crippen LogP contribution in [0.5, 0.6) is 0 Å². The van der Waals surface area contributed by atoms with E-state index in [9.17, 15) is 41.1 Å². The van der Waals surface area contributed by atoms with E-state index in [1.165, 1.54) is 25.3 Å². The van der Waals surface area contributed by atoms with E-state index < -0.39 is 65.0 Å². The zero-order chi connectivity index (χ0) is 32.0. The summed E-state index contributed by atoms with van der Waals surface area (Å²) in [4.78, 5) is 40.7. The highest BCUT2D eigenvalue weighted by atomic mass is 19.2. The molecule has 1 aromatic carbocycles. The third-order valence-electron chi connectivity index (χ3n) is 5.54. The molecule has 1 aliphatic rings. The minimum Gasteiger partial charge on any atom is -0.481 e. The molecule has 0 saturated heterocycles. The van der Waals surface area contributed by atoms with Gasteiger partial charge in [0.05, 0.1) is 18.2 Å². The predicted octanol–water partition coefficient (Wildman–Crippen LogP) is 2.83. The molecule has 1 fully saturated rings. The van der Waals surface area contributed by atoms with Crippen molar-refractivity contribution in [3.8, 4) is 0 Å². The van der Waals surface area contributed by atoms with Crippen LogP contribution in [0.1, 0.15) is 55.6 Å². The lowest BCUT2D eigenvalue weighted by molar-refractivity contribution is -0.143. The maximum absolute atomic E-state index is 13.1. The summed E-state index contributed by atoms with van der Waals surface area (Å²) in [5.41, 5.74) is 14.4. The van der Waals surface area contributed by atoms with Crippen molar-refractivity contribution in [1.29, 1.82) is 0 Å². The highest BCUT2D eigenvalue weighted by molar-refractivity contribution is 5.84. The molecule has 1 aromatic heterocycles. The Morgan fingerprint density at radius 1 is 0.902 bits per heavy atom. The molecular weight excluding hydrogens is 565 g/mol. The van der Waals surface area contributed by atoms with Crippen molar-refractivity contribution in [2.75, 3.05) is 0 Å². The average molecular weight is 598 g/mol. The fourth-order valence-corrected chi connectivity index (χ4v) is 2.90. The molecule has 1 heterocycles. The number of carbonyl (C=O) groups is 4. The number of carbonyl (C=O) groups excluding carboxylic acids is 1. The van der Waals surface area contributed by atoms with Crippen LogP contribution in [0.4, 0.5) is 22.0 Å². The molecule has 230 valence electrons. The van der Waals surface area contributed by atoms with Crippen molar-refractivity contribution in [3.63, 3.8) is 0 Å². The van der Waals surface area contributed by atoms with E-state index in [-0.39, 0.29) is 29.5 Å². The van der Waals surface area contributed by atoms with Gasteiger partial charge in [-0.05, 0) is 51.7 Å². The van der Waals surface area contributed by atoms with E-state index >= 15 is 0 Å². The molecule has 0 radical (unpaired) electrons. The minimum absolute atomic E-state index is 0.0231. The zero-order valence-electron chi connectivity index (χ0n) is 22.1. The predicted molar refractivity (Wildman–Crippen MR) is 133 cm³/mol. The van der Waals surface area contributed by atoms with Crippen LogP contribution in [0.2, 0.25) is 0 Å². The second kappa shape index (κ2) is 17.7. The van der Waals surface area contributed by atoms with E-state index in [0.29, 0.717) is 0 Å². The van der Waals surface area contributed by atoms with Gasteiger partial charge in [-0.1, -0.05) is 0 Å². The molecule has 0 aliphatic heterocycles. The molecule has 1 aliphatic carbocycles. The summed E-state index contributed by atoms with van der Waals surface area (Å²) in [5, 5.41) is 25.2. The lowest BCUT2D eigenvalue weighted by Crippen LogP contribution is -2.33. The summed E-state index contributed by atoms with van der Waals surface area (Å²) in [6.45, 7) is 3.15. The van der Waals surface area contributed by atoms with Crippen LogP contribution in [-0.4, -0.2) is 57.1 Å².